The summed E-state index contributed by atoms with van der Waals surface area (Å²) >= 11 is 1.69. The maximum Gasteiger partial charge on any atom is 0.410 e. The number of nitrogens with zero attached hydrogens (tertiary/aromatic N) is 2. The first-order valence-corrected chi connectivity index (χ1v) is 10.3. The summed E-state index contributed by atoms with van der Waals surface area (Å²) in [5.74, 6) is 1.40. The first-order chi connectivity index (χ1) is 12.4. The van der Waals surface area contributed by atoms with Gasteiger partial charge in [0, 0.05) is 26.2 Å². The van der Waals surface area contributed by atoms with Crippen molar-refractivity contribution < 1.29 is 9.53 Å². The van der Waals surface area contributed by atoms with Gasteiger partial charge in [0.2, 0.25) is 0 Å². The lowest BCUT2D eigenvalue weighted by Crippen LogP contribution is -2.45. The highest BCUT2D eigenvalue weighted by atomic mass is 127. The smallest absolute Gasteiger partial charge is 0.410 e. The number of thiophene rings is 1. The molecule has 0 radical (unpaired) electrons. The zero-order chi connectivity index (χ0) is 19.0. The minimum Gasteiger partial charge on any atom is -0.444 e. The Morgan fingerprint density at radius 3 is 2.59 bits per heavy atom. The first kappa shape index (κ1) is 24.0. The maximum atomic E-state index is 12.1. The standard InChI is InChI=1S/C19H32N4O2S.HI/c1-5-20-17(22-13-16-8-11-26-14-16)21-12-15-6-9-23(10-7-15)18(24)25-19(2,3)4;/h8,11,14-15H,5-7,9-10,12-13H2,1-4H3,(H2,20,21,22);1H. The predicted octanol–water partition coefficient (Wildman–Crippen LogP) is 4.07. The van der Waals surface area contributed by atoms with E-state index in [9.17, 15) is 4.79 Å². The number of carbonyl (C=O) groups is 1. The van der Waals surface area contributed by atoms with Gasteiger partial charge in [-0.3, -0.25) is 0 Å². The molecular formula is C19H33IN4O2S. The van der Waals surface area contributed by atoms with Crippen molar-refractivity contribution in [1.82, 2.24) is 15.5 Å². The number of hydrogen-bond donors (Lipinski definition) is 2. The highest BCUT2D eigenvalue weighted by Gasteiger charge is 2.26. The third-order valence-electron chi connectivity index (χ3n) is 4.17. The summed E-state index contributed by atoms with van der Waals surface area (Å²) in [4.78, 5) is 18.6. The van der Waals surface area contributed by atoms with Gasteiger partial charge in [0.15, 0.2) is 5.96 Å². The van der Waals surface area contributed by atoms with Crippen LogP contribution in [0.25, 0.3) is 0 Å². The average Bonchev–Trinajstić information content (AvgIpc) is 3.10. The molecule has 1 saturated heterocycles. The van der Waals surface area contributed by atoms with Crippen LogP contribution in [0.4, 0.5) is 4.79 Å². The van der Waals surface area contributed by atoms with Crippen LogP contribution in [0, 0.1) is 5.92 Å². The molecule has 0 spiro atoms. The minimum atomic E-state index is -0.435. The van der Waals surface area contributed by atoms with Crippen LogP contribution in [0.2, 0.25) is 0 Å². The summed E-state index contributed by atoms with van der Waals surface area (Å²) in [6.45, 7) is 11.7. The van der Waals surface area contributed by atoms with E-state index in [1.165, 1.54) is 5.56 Å². The van der Waals surface area contributed by atoms with Crippen LogP contribution >= 0.6 is 35.3 Å². The predicted molar refractivity (Wildman–Crippen MR) is 123 cm³/mol. The molecule has 8 heteroatoms. The zero-order valence-corrected chi connectivity index (χ0v) is 19.9. The summed E-state index contributed by atoms with van der Waals surface area (Å²) in [5, 5.41) is 10.9. The van der Waals surface area contributed by atoms with Crippen LogP contribution in [0.1, 0.15) is 46.1 Å². The fourth-order valence-electron chi connectivity index (χ4n) is 2.78. The molecule has 0 saturated carbocycles. The van der Waals surface area contributed by atoms with Crippen molar-refractivity contribution in [2.24, 2.45) is 10.9 Å². The Kier molecular flexibility index (Phi) is 10.4. The van der Waals surface area contributed by atoms with Gasteiger partial charge in [0.1, 0.15) is 5.60 Å². The van der Waals surface area contributed by atoms with E-state index in [1.807, 2.05) is 25.7 Å². The summed E-state index contributed by atoms with van der Waals surface area (Å²) in [7, 11) is 0. The number of ether oxygens (including phenoxy) is 1. The second kappa shape index (κ2) is 11.7. The van der Waals surface area contributed by atoms with Crippen LogP contribution in [-0.4, -0.2) is 48.7 Å². The molecule has 1 amide bonds. The second-order valence-corrected chi connectivity index (χ2v) is 8.40. The normalized spacial score (nSPS) is 15.9. The molecule has 1 aliphatic rings. The van der Waals surface area contributed by atoms with Crippen molar-refractivity contribution in [3.63, 3.8) is 0 Å². The highest BCUT2D eigenvalue weighted by Crippen LogP contribution is 2.19. The van der Waals surface area contributed by atoms with Crippen LogP contribution in [-0.2, 0) is 11.3 Å². The Labute approximate surface area is 184 Å². The SMILES string of the molecule is CCNC(=NCc1ccsc1)NCC1CCN(C(=O)OC(C)(C)C)CC1.I. The fourth-order valence-corrected chi connectivity index (χ4v) is 3.44. The van der Waals surface area contributed by atoms with E-state index in [-0.39, 0.29) is 30.1 Å². The summed E-state index contributed by atoms with van der Waals surface area (Å²) in [6.07, 6.45) is 1.77. The number of amides is 1. The van der Waals surface area contributed by atoms with Crippen molar-refractivity contribution in [2.45, 2.75) is 52.7 Å². The number of carbonyl (C=O) groups excluding carboxylic acids is 1. The van der Waals surface area contributed by atoms with Gasteiger partial charge in [-0.25, -0.2) is 9.79 Å². The average molecular weight is 508 g/mol. The molecule has 0 unspecified atom stereocenters. The van der Waals surface area contributed by atoms with E-state index in [4.69, 9.17) is 4.74 Å². The largest absolute Gasteiger partial charge is 0.444 e. The molecule has 0 aliphatic carbocycles. The zero-order valence-electron chi connectivity index (χ0n) is 16.8. The maximum absolute atomic E-state index is 12.1. The van der Waals surface area contributed by atoms with Gasteiger partial charge in [-0.05, 0) is 68.8 Å². The highest BCUT2D eigenvalue weighted by molar-refractivity contribution is 14.0. The number of rotatable bonds is 5. The molecule has 2 rings (SSSR count). The van der Waals surface area contributed by atoms with Gasteiger partial charge in [-0.15, -0.1) is 24.0 Å². The molecule has 6 nitrogen and oxygen atoms in total. The van der Waals surface area contributed by atoms with Crippen molar-refractivity contribution in [3.8, 4) is 0 Å². The monoisotopic (exact) mass is 508 g/mol. The Hall–Kier alpha value is -1.03. The van der Waals surface area contributed by atoms with Gasteiger partial charge >= 0.3 is 6.09 Å². The summed E-state index contributed by atoms with van der Waals surface area (Å²) in [6, 6.07) is 2.10. The molecule has 27 heavy (non-hydrogen) atoms. The van der Waals surface area contributed by atoms with E-state index in [2.05, 4.69) is 39.4 Å². The Balaban J connectivity index is 0.00000364. The quantitative estimate of drug-likeness (QED) is 0.358. The van der Waals surface area contributed by atoms with Gasteiger partial charge < -0.3 is 20.3 Å². The van der Waals surface area contributed by atoms with Gasteiger partial charge in [-0.1, -0.05) is 0 Å². The summed E-state index contributed by atoms with van der Waals surface area (Å²) in [5.41, 5.74) is 0.799. The van der Waals surface area contributed by atoms with Crippen molar-refractivity contribution in [3.05, 3.63) is 22.4 Å². The lowest BCUT2D eigenvalue weighted by atomic mass is 9.97. The Morgan fingerprint density at radius 2 is 2.04 bits per heavy atom. The number of halogens is 1. The van der Waals surface area contributed by atoms with Crippen molar-refractivity contribution >= 4 is 47.4 Å². The Morgan fingerprint density at radius 1 is 1.33 bits per heavy atom. The molecule has 2 N–H and O–H groups in total. The van der Waals surface area contributed by atoms with Crippen LogP contribution < -0.4 is 10.6 Å². The lowest BCUT2D eigenvalue weighted by molar-refractivity contribution is 0.0185. The van der Waals surface area contributed by atoms with E-state index in [0.717, 1.165) is 45.0 Å². The number of likely N-dealkylation sites (tertiary alicyclic amines) is 1. The molecule has 1 fully saturated rings. The third-order valence-corrected chi connectivity index (χ3v) is 4.90. The van der Waals surface area contributed by atoms with Crippen LogP contribution in [0.3, 0.4) is 0 Å². The van der Waals surface area contributed by atoms with Crippen LogP contribution in [0.5, 0.6) is 0 Å². The molecule has 0 aromatic carbocycles. The number of piperidine rings is 1. The molecule has 1 aromatic rings. The molecular weight excluding hydrogens is 475 g/mol. The minimum absolute atomic E-state index is 0. The van der Waals surface area contributed by atoms with Crippen LogP contribution in [0.15, 0.2) is 21.8 Å². The fraction of sp³-hybridized carbons (Fsp3) is 0.684. The van der Waals surface area contributed by atoms with E-state index in [1.54, 1.807) is 11.3 Å². The van der Waals surface area contributed by atoms with Gasteiger partial charge in [0.05, 0.1) is 6.54 Å². The van der Waals surface area contributed by atoms with Crippen molar-refractivity contribution in [1.29, 1.82) is 0 Å². The number of aliphatic imine (C=N–C) groups is 1. The lowest BCUT2D eigenvalue weighted by Gasteiger charge is -2.33. The first-order valence-electron chi connectivity index (χ1n) is 9.38. The van der Waals surface area contributed by atoms with Gasteiger partial charge in [-0.2, -0.15) is 11.3 Å². The number of guanidine groups is 1. The van der Waals surface area contributed by atoms with E-state index < -0.39 is 5.60 Å². The molecule has 0 bridgehead atoms. The van der Waals surface area contributed by atoms with E-state index >= 15 is 0 Å². The summed E-state index contributed by atoms with van der Waals surface area (Å²) < 4.78 is 5.45. The van der Waals surface area contributed by atoms with E-state index in [0.29, 0.717) is 12.5 Å². The Bertz CT molecular complexity index is 579. The molecule has 2 heterocycles. The third kappa shape index (κ3) is 9.14. The van der Waals surface area contributed by atoms with Crippen molar-refractivity contribution in [2.75, 3.05) is 26.2 Å². The second-order valence-electron chi connectivity index (χ2n) is 7.62. The van der Waals surface area contributed by atoms with Gasteiger partial charge in [0.25, 0.3) is 0 Å². The number of nitrogens with one attached hydrogen (secondary N) is 2. The number of hydrogen-bond acceptors (Lipinski definition) is 4. The molecule has 1 aliphatic heterocycles. The molecule has 1 aromatic heterocycles. The topological polar surface area (TPSA) is 66.0 Å². The molecule has 0 atom stereocenters. The molecule has 154 valence electrons.